The first-order valence-electron chi connectivity index (χ1n) is 14.0. The molecule has 10 atom stereocenters. The fourth-order valence-corrected chi connectivity index (χ4v) is 8.59. The Morgan fingerprint density at radius 1 is 1.23 bits per heavy atom. The lowest BCUT2D eigenvalue weighted by molar-refractivity contribution is -0.144. The summed E-state index contributed by atoms with van der Waals surface area (Å²) in [6.45, 7) is 15.5. The van der Waals surface area contributed by atoms with Crippen LogP contribution in [0.15, 0.2) is 35.5 Å². The minimum Gasteiger partial charge on any atom is -0.481 e. The van der Waals surface area contributed by atoms with E-state index in [1.54, 1.807) is 19.1 Å². The first kappa shape index (κ1) is 29.7. The van der Waals surface area contributed by atoms with Gasteiger partial charge in [0.05, 0.1) is 31.3 Å². The predicted octanol–water partition coefficient (Wildman–Crippen LogP) is 4.00. The molecule has 1 saturated heterocycles. The van der Waals surface area contributed by atoms with E-state index in [2.05, 4.69) is 13.5 Å². The second-order valence-electron chi connectivity index (χ2n) is 13.1. The molecule has 0 aromatic carbocycles. The topological polar surface area (TPSA) is 134 Å². The predicted molar refractivity (Wildman–Crippen MR) is 144 cm³/mol. The van der Waals surface area contributed by atoms with Gasteiger partial charge in [0, 0.05) is 17.3 Å². The number of hydrogen-bond donors (Lipinski definition) is 3. The van der Waals surface area contributed by atoms with Gasteiger partial charge in [0.15, 0.2) is 5.78 Å². The molecule has 4 rings (SSSR count). The smallest absolute Gasteiger partial charge is 0.306 e. The summed E-state index contributed by atoms with van der Waals surface area (Å²) in [7, 11) is 1.36. The van der Waals surface area contributed by atoms with Gasteiger partial charge >= 0.3 is 11.9 Å². The Kier molecular flexibility index (Phi) is 7.36. The number of aliphatic carboxylic acids is 1. The quantitative estimate of drug-likeness (QED) is 0.225. The fraction of sp³-hybridized carbons (Fsp3) is 0.710. The molecule has 0 radical (unpaired) electrons. The molecule has 2 saturated carbocycles. The third kappa shape index (κ3) is 4.00. The number of rotatable bonds is 9. The van der Waals surface area contributed by atoms with Gasteiger partial charge in [-0.15, -0.1) is 0 Å². The molecular formula is C31H44O8. The molecule has 0 amide bonds. The summed E-state index contributed by atoms with van der Waals surface area (Å²) in [5.74, 6) is -2.48. The molecule has 3 fully saturated rings. The zero-order valence-corrected chi connectivity index (χ0v) is 24.2. The van der Waals surface area contributed by atoms with E-state index in [-0.39, 0.29) is 42.5 Å². The molecule has 1 heterocycles. The van der Waals surface area contributed by atoms with Gasteiger partial charge in [-0.1, -0.05) is 51.5 Å². The van der Waals surface area contributed by atoms with E-state index >= 15 is 0 Å². The van der Waals surface area contributed by atoms with E-state index in [4.69, 9.17) is 9.47 Å². The summed E-state index contributed by atoms with van der Waals surface area (Å²) in [4.78, 5) is 37.7. The van der Waals surface area contributed by atoms with Crippen molar-refractivity contribution in [2.45, 2.75) is 97.6 Å². The first-order chi connectivity index (χ1) is 18.0. The molecule has 216 valence electrons. The number of ether oxygens (including phenoxy) is 2. The highest BCUT2D eigenvalue weighted by Crippen LogP contribution is 2.78. The summed E-state index contributed by atoms with van der Waals surface area (Å²) in [6.07, 6.45) is 3.06. The number of carboxylic acids is 1. The van der Waals surface area contributed by atoms with Gasteiger partial charge in [0.25, 0.3) is 0 Å². The van der Waals surface area contributed by atoms with E-state index in [9.17, 15) is 29.7 Å². The Labute approximate surface area is 231 Å². The van der Waals surface area contributed by atoms with Crippen LogP contribution in [0.5, 0.6) is 0 Å². The monoisotopic (exact) mass is 544 g/mol. The molecular weight excluding hydrogens is 500 g/mol. The Bertz CT molecular complexity index is 1150. The van der Waals surface area contributed by atoms with Gasteiger partial charge in [0.1, 0.15) is 5.60 Å². The van der Waals surface area contributed by atoms with Crippen molar-refractivity contribution in [1.29, 1.82) is 0 Å². The van der Waals surface area contributed by atoms with E-state index in [1.165, 1.54) is 7.11 Å². The van der Waals surface area contributed by atoms with Gasteiger partial charge in [-0.25, -0.2) is 0 Å². The maximum absolute atomic E-state index is 14.3. The minimum absolute atomic E-state index is 0.00265. The third-order valence-corrected chi connectivity index (χ3v) is 11.1. The number of methoxy groups -OCH3 is 1. The molecule has 3 N–H and O–H groups in total. The van der Waals surface area contributed by atoms with Crippen molar-refractivity contribution in [1.82, 2.24) is 0 Å². The summed E-state index contributed by atoms with van der Waals surface area (Å²) in [5, 5.41) is 31.6. The Hall–Kier alpha value is -2.29. The molecule has 4 aliphatic rings. The fourth-order valence-electron chi connectivity index (χ4n) is 8.59. The number of epoxide rings is 1. The van der Waals surface area contributed by atoms with Gasteiger partial charge in [-0.05, 0) is 68.4 Å². The number of ketones is 1. The van der Waals surface area contributed by atoms with Crippen molar-refractivity contribution in [2.75, 3.05) is 7.11 Å². The zero-order valence-electron chi connectivity index (χ0n) is 24.2. The van der Waals surface area contributed by atoms with Gasteiger partial charge in [0.2, 0.25) is 0 Å². The molecule has 1 spiro atoms. The number of aliphatic hydroxyl groups is 2. The molecule has 0 aromatic heterocycles. The molecule has 0 aromatic rings. The van der Waals surface area contributed by atoms with Crippen LogP contribution in [0.4, 0.5) is 0 Å². The van der Waals surface area contributed by atoms with Crippen molar-refractivity contribution in [2.24, 2.45) is 34.0 Å². The Balaban J connectivity index is 1.79. The average Bonchev–Trinajstić information content (AvgIpc) is 3.54. The number of carbonyl (C=O) groups is 3. The number of esters is 1. The van der Waals surface area contributed by atoms with Crippen molar-refractivity contribution in [3.05, 3.63) is 35.5 Å². The van der Waals surface area contributed by atoms with Crippen LogP contribution >= 0.6 is 0 Å². The summed E-state index contributed by atoms with van der Waals surface area (Å²) in [5.41, 5.74) is -0.833. The molecule has 3 unspecified atom stereocenters. The zero-order chi connectivity index (χ0) is 29.3. The van der Waals surface area contributed by atoms with Crippen molar-refractivity contribution < 1.29 is 39.2 Å². The highest BCUT2D eigenvalue weighted by Gasteiger charge is 2.84. The third-order valence-electron chi connectivity index (χ3n) is 11.1. The second kappa shape index (κ2) is 9.67. The lowest BCUT2D eigenvalue weighted by Gasteiger charge is -2.57. The van der Waals surface area contributed by atoms with Crippen LogP contribution in [0.3, 0.4) is 0 Å². The van der Waals surface area contributed by atoms with Crippen LogP contribution in [0.2, 0.25) is 0 Å². The standard InChI is InChI=1S/C31H44O8/c1-16(2)20-14-25-31(39-25)22(28(20,5)10-9-26(35)38-8)15-23(33)29(6)21(13-24(34)30(29,31)7)17(3)11-19(32)12-18(4)27(36)37/h11,15,18-21,24-25,32,34H,1,9-10,12-14H2,2-8H3,(H,36,37)/b17-11-/t18?,19?,20?,21-,24-,25-,28+,29+,30-,31+/m1/s1. The van der Waals surface area contributed by atoms with Crippen LogP contribution in [0, 0.1) is 34.0 Å². The van der Waals surface area contributed by atoms with Gasteiger partial charge in [-0.3, -0.25) is 14.4 Å². The Morgan fingerprint density at radius 3 is 2.44 bits per heavy atom. The van der Waals surface area contributed by atoms with E-state index in [1.807, 2.05) is 27.7 Å². The molecule has 3 aliphatic carbocycles. The second-order valence-corrected chi connectivity index (χ2v) is 13.1. The lowest BCUT2D eigenvalue weighted by atomic mass is 9.43. The largest absolute Gasteiger partial charge is 0.481 e. The number of allylic oxidation sites excluding steroid dienone is 3. The van der Waals surface area contributed by atoms with E-state index in [0.29, 0.717) is 19.3 Å². The average molecular weight is 545 g/mol. The number of hydrogen-bond acceptors (Lipinski definition) is 7. The summed E-state index contributed by atoms with van der Waals surface area (Å²) >= 11 is 0. The minimum atomic E-state index is -1.01. The highest BCUT2D eigenvalue weighted by atomic mass is 16.6. The number of carboxylic acid groups (broad SMARTS) is 1. The first-order valence-corrected chi connectivity index (χ1v) is 14.0. The number of aliphatic hydroxyl groups excluding tert-OH is 2. The van der Waals surface area contributed by atoms with Crippen LogP contribution in [0.1, 0.15) is 73.6 Å². The maximum Gasteiger partial charge on any atom is 0.306 e. The SMILES string of the molecule is C=C(C)C1C[C@H]2O[C@@]23C(=CC(=O)[C@]2(C)[C@@H](/C(C)=C\C(O)CC(C)C(=O)O)C[C@@H](O)[C@]23C)[C@@]1(C)CCC(=O)OC. The van der Waals surface area contributed by atoms with E-state index < -0.39 is 45.9 Å². The molecule has 39 heavy (non-hydrogen) atoms. The highest BCUT2D eigenvalue weighted by molar-refractivity contribution is 5.99. The molecule has 1 aliphatic heterocycles. The van der Waals surface area contributed by atoms with Gasteiger partial charge in [-0.2, -0.15) is 0 Å². The summed E-state index contributed by atoms with van der Waals surface area (Å²) in [6, 6.07) is 0. The maximum atomic E-state index is 14.3. The molecule has 8 heteroatoms. The van der Waals surface area contributed by atoms with Crippen LogP contribution in [-0.4, -0.2) is 64.1 Å². The lowest BCUT2D eigenvalue weighted by Crippen LogP contribution is -2.63. The number of fused-ring (bicyclic) bond motifs is 1. The van der Waals surface area contributed by atoms with Crippen molar-refractivity contribution in [3.8, 4) is 0 Å². The van der Waals surface area contributed by atoms with Crippen LogP contribution in [-0.2, 0) is 23.9 Å². The number of carbonyl (C=O) groups excluding carboxylic acids is 2. The van der Waals surface area contributed by atoms with Crippen LogP contribution < -0.4 is 0 Å². The normalized spacial score (nSPS) is 42.4. The Morgan fingerprint density at radius 2 is 1.87 bits per heavy atom. The van der Waals surface area contributed by atoms with E-state index in [0.717, 1.165) is 16.7 Å². The summed E-state index contributed by atoms with van der Waals surface area (Å²) < 4.78 is 11.5. The molecule has 0 bridgehead atoms. The van der Waals surface area contributed by atoms with Crippen molar-refractivity contribution >= 4 is 17.7 Å². The van der Waals surface area contributed by atoms with Crippen molar-refractivity contribution in [3.63, 3.8) is 0 Å². The van der Waals surface area contributed by atoms with Crippen LogP contribution in [0.25, 0.3) is 0 Å². The van der Waals surface area contributed by atoms with Gasteiger partial charge < -0.3 is 24.8 Å². The molecule has 8 nitrogen and oxygen atoms in total.